The van der Waals surface area contributed by atoms with Crippen molar-refractivity contribution in [3.05, 3.63) is 35.4 Å². The monoisotopic (exact) mass is 201 g/mol. The first kappa shape index (κ1) is 11.1. The van der Waals surface area contributed by atoms with Gasteiger partial charge in [0.05, 0.1) is 0 Å². The lowest BCUT2D eigenvalue weighted by atomic mass is 9.99. The molecule has 0 radical (unpaired) electrons. The molecule has 78 valence electrons. The molecule has 0 fully saturated rings. The maximum absolute atomic E-state index is 12.5. The average molecular weight is 201 g/mol. The number of hydrogen-bond donors (Lipinski definition) is 2. The van der Waals surface area contributed by atoms with Gasteiger partial charge in [-0.15, -0.1) is 0 Å². The fraction of sp³-hybridized carbons (Fsp3) is 0.400. The Labute approximate surface area is 81.4 Å². The van der Waals surface area contributed by atoms with Crippen molar-refractivity contribution in [2.45, 2.75) is 18.9 Å². The third-order valence-corrected chi connectivity index (χ3v) is 2.07. The van der Waals surface area contributed by atoms with Gasteiger partial charge in [0, 0.05) is 18.2 Å². The van der Waals surface area contributed by atoms with Gasteiger partial charge in [-0.2, -0.15) is 0 Å². The van der Waals surface area contributed by atoms with Crippen LogP contribution in [0.25, 0.3) is 0 Å². The minimum absolute atomic E-state index is 0.0477. The molecule has 1 atom stereocenters. The van der Waals surface area contributed by atoms with Gasteiger partial charge in [-0.25, -0.2) is 8.78 Å². The fourth-order valence-corrected chi connectivity index (χ4v) is 1.34. The number of benzene rings is 1. The molecule has 1 aromatic rings. The second kappa shape index (κ2) is 5.02. The van der Waals surface area contributed by atoms with E-state index < -0.39 is 12.5 Å². The molecular weight excluding hydrogens is 188 g/mol. The van der Waals surface area contributed by atoms with Crippen LogP contribution in [0, 0.1) is 0 Å². The average Bonchev–Trinajstić information content (AvgIpc) is 2.18. The number of aliphatic hydroxyl groups excluding tert-OH is 1. The minimum Gasteiger partial charge on any atom is -0.396 e. The van der Waals surface area contributed by atoms with Gasteiger partial charge in [-0.05, 0) is 12.0 Å². The lowest BCUT2D eigenvalue weighted by Crippen LogP contribution is -2.14. The third-order valence-electron chi connectivity index (χ3n) is 2.07. The number of aliphatic hydroxyl groups is 1. The summed E-state index contributed by atoms with van der Waals surface area (Å²) in [5, 5.41) is 8.66. The highest BCUT2D eigenvalue weighted by Crippen LogP contribution is 2.27. The predicted molar refractivity (Wildman–Crippen MR) is 50.0 cm³/mol. The molecule has 0 spiro atoms. The standard InChI is InChI=1S/C10H13F2NO/c11-10(12)8-4-2-1-3-7(8)9(13)5-6-14/h1-4,9-10,14H,5-6,13H2. The highest BCUT2D eigenvalue weighted by atomic mass is 19.3. The molecule has 1 unspecified atom stereocenters. The van der Waals surface area contributed by atoms with Crippen molar-refractivity contribution in [1.29, 1.82) is 0 Å². The molecule has 0 heterocycles. The van der Waals surface area contributed by atoms with E-state index in [0.717, 1.165) is 0 Å². The lowest BCUT2D eigenvalue weighted by molar-refractivity contribution is 0.149. The summed E-state index contributed by atoms with van der Waals surface area (Å²) >= 11 is 0. The minimum atomic E-state index is -2.52. The van der Waals surface area contributed by atoms with Gasteiger partial charge in [0.25, 0.3) is 6.43 Å². The van der Waals surface area contributed by atoms with Crippen LogP contribution in [0.3, 0.4) is 0 Å². The van der Waals surface area contributed by atoms with E-state index in [-0.39, 0.29) is 12.2 Å². The summed E-state index contributed by atoms with van der Waals surface area (Å²) in [4.78, 5) is 0. The van der Waals surface area contributed by atoms with E-state index in [9.17, 15) is 8.78 Å². The largest absolute Gasteiger partial charge is 0.396 e. The van der Waals surface area contributed by atoms with E-state index >= 15 is 0 Å². The molecule has 0 aliphatic heterocycles. The zero-order chi connectivity index (χ0) is 10.6. The van der Waals surface area contributed by atoms with Crippen LogP contribution in [0.2, 0.25) is 0 Å². The Balaban J connectivity index is 2.94. The topological polar surface area (TPSA) is 46.2 Å². The summed E-state index contributed by atoms with van der Waals surface area (Å²) in [5.41, 5.74) is 6.02. The second-order valence-corrected chi connectivity index (χ2v) is 3.05. The fourth-order valence-electron chi connectivity index (χ4n) is 1.34. The summed E-state index contributed by atoms with van der Waals surface area (Å²) in [6.45, 7) is -0.0985. The van der Waals surface area contributed by atoms with Gasteiger partial charge >= 0.3 is 0 Å². The molecule has 1 aromatic carbocycles. The van der Waals surface area contributed by atoms with Crippen molar-refractivity contribution in [3.63, 3.8) is 0 Å². The van der Waals surface area contributed by atoms with Crippen molar-refractivity contribution >= 4 is 0 Å². The van der Waals surface area contributed by atoms with Gasteiger partial charge in [-0.3, -0.25) is 0 Å². The van der Waals surface area contributed by atoms with Gasteiger partial charge in [-0.1, -0.05) is 24.3 Å². The summed E-state index contributed by atoms with van der Waals surface area (Å²) in [6.07, 6.45) is -2.22. The SMILES string of the molecule is NC(CCO)c1ccccc1C(F)F. The molecule has 3 N–H and O–H groups in total. The zero-order valence-electron chi connectivity index (χ0n) is 7.66. The lowest BCUT2D eigenvalue weighted by Gasteiger charge is -2.14. The van der Waals surface area contributed by atoms with E-state index in [1.54, 1.807) is 18.2 Å². The summed E-state index contributed by atoms with van der Waals surface area (Å²) in [5.74, 6) is 0. The van der Waals surface area contributed by atoms with Crippen LogP contribution in [0.1, 0.15) is 30.0 Å². The number of hydrogen-bond acceptors (Lipinski definition) is 2. The molecule has 0 amide bonds. The number of alkyl halides is 2. The molecule has 0 aliphatic rings. The Morgan fingerprint density at radius 3 is 2.29 bits per heavy atom. The van der Waals surface area contributed by atoms with Crippen LogP contribution < -0.4 is 5.73 Å². The van der Waals surface area contributed by atoms with Gasteiger partial charge in [0.2, 0.25) is 0 Å². The van der Waals surface area contributed by atoms with E-state index in [0.29, 0.717) is 12.0 Å². The molecule has 4 heteroatoms. The van der Waals surface area contributed by atoms with Crippen LogP contribution >= 0.6 is 0 Å². The molecule has 14 heavy (non-hydrogen) atoms. The van der Waals surface area contributed by atoms with Crippen LogP contribution in [-0.2, 0) is 0 Å². The van der Waals surface area contributed by atoms with E-state index in [1.165, 1.54) is 6.07 Å². The van der Waals surface area contributed by atoms with Crippen molar-refractivity contribution in [2.75, 3.05) is 6.61 Å². The summed E-state index contributed by atoms with van der Waals surface area (Å²) in [7, 11) is 0. The van der Waals surface area contributed by atoms with Crippen molar-refractivity contribution < 1.29 is 13.9 Å². The molecule has 1 rings (SSSR count). The van der Waals surface area contributed by atoms with E-state index in [4.69, 9.17) is 10.8 Å². The first-order valence-corrected chi connectivity index (χ1v) is 4.40. The molecular formula is C10H13F2NO. The molecule has 0 aromatic heterocycles. The van der Waals surface area contributed by atoms with E-state index in [2.05, 4.69) is 0 Å². The van der Waals surface area contributed by atoms with Crippen molar-refractivity contribution in [1.82, 2.24) is 0 Å². The smallest absolute Gasteiger partial charge is 0.264 e. The summed E-state index contributed by atoms with van der Waals surface area (Å²) < 4.78 is 25.0. The second-order valence-electron chi connectivity index (χ2n) is 3.05. The molecule has 0 bridgehead atoms. The normalized spacial score (nSPS) is 13.2. The number of halogens is 2. The maximum Gasteiger partial charge on any atom is 0.264 e. The Kier molecular flexibility index (Phi) is 3.98. The number of rotatable bonds is 4. The quantitative estimate of drug-likeness (QED) is 0.782. The Morgan fingerprint density at radius 2 is 1.79 bits per heavy atom. The van der Waals surface area contributed by atoms with Gasteiger partial charge in [0.1, 0.15) is 0 Å². The van der Waals surface area contributed by atoms with E-state index in [1.807, 2.05) is 0 Å². The highest BCUT2D eigenvalue weighted by Gasteiger charge is 2.16. The number of nitrogens with two attached hydrogens (primary N) is 1. The molecule has 0 aliphatic carbocycles. The van der Waals surface area contributed by atoms with Gasteiger partial charge in [0.15, 0.2) is 0 Å². The van der Waals surface area contributed by atoms with Crippen LogP contribution in [-0.4, -0.2) is 11.7 Å². The maximum atomic E-state index is 12.5. The van der Waals surface area contributed by atoms with Crippen LogP contribution in [0.15, 0.2) is 24.3 Å². The van der Waals surface area contributed by atoms with Crippen molar-refractivity contribution in [3.8, 4) is 0 Å². The molecule has 2 nitrogen and oxygen atoms in total. The van der Waals surface area contributed by atoms with Crippen molar-refractivity contribution in [2.24, 2.45) is 5.73 Å². The Morgan fingerprint density at radius 1 is 1.21 bits per heavy atom. The Hall–Kier alpha value is -1.00. The summed E-state index contributed by atoms with van der Waals surface area (Å²) in [6, 6.07) is 5.62. The first-order valence-electron chi connectivity index (χ1n) is 4.40. The molecule has 0 saturated heterocycles. The first-order chi connectivity index (χ1) is 6.66. The van der Waals surface area contributed by atoms with Gasteiger partial charge < -0.3 is 10.8 Å². The predicted octanol–water partition coefficient (Wildman–Crippen LogP) is 2.01. The third kappa shape index (κ3) is 2.49. The highest BCUT2D eigenvalue weighted by molar-refractivity contribution is 5.30. The molecule has 0 saturated carbocycles. The zero-order valence-corrected chi connectivity index (χ0v) is 7.66. The van der Waals surface area contributed by atoms with Crippen LogP contribution in [0.4, 0.5) is 8.78 Å². The Bertz CT molecular complexity index is 291. The van der Waals surface area contributed by atoms with Crippen LogP contribution in [0.5, 0.6) is 0 Å².